The molecule has 0 radical (unpaired) electrons. The van der Waals surface area contributed by atoms with Gasteiger partial charge in [-0.15, -0.1) is 0 Å². The quantitative estimate of drug-likeness (QED) is 0.909. The molecule has 1 N–H and O–H groups in total. The minimum atomic E-state index is -1.11. The minimum Gasteiger partial charge on any atom is -0.488 e. The van der Waals surface area contributed by atoms with E-state index in [1.165, 1.54) is 18.2 Å². The van der Waals surface area contributed by atoms with Crippen molar-refractivity contribution in [1.82, 2.24) is 0 Å². The van der Waals surface area contributed by atoms with Crippen LogP contribution in [0.3, 0.4) is 0 Å². The van der Waals surface area contributed by atoms with Crippen molar-refractivity contribution in [1.29, 1.82) is 5.26 Å². The van der Waals surface area contributed by atoms with Crippen molar-refractivity contribution in [2.45, 2.75) is 6.61 Å². The molecule has 2 rings (SSSR count). The highest BCUT2D eigenvalue weighted by molar-refractivity contribution is 5.91. The molecule has 2 aromatic rings. The smallest absolute Gasteiger partial charge is 0.339 e. The number of aromatic carboxylic acids is 1. The molecule has 0 spiro atoms. The van der Waals surface area contributed by atoms with Gasteiger partial charge in [0.1, 0.15) is 17.9 Å². The Bertz CT molecular complexity index is 630. The van der Waals surface area contributed by atoms with Gasteiger partial charge in [0.05, 0.1) is 11.6 Å². The monoisotopic (exact) mass is 253 g/mol. The lowest BCUT2D eigenvalue weighted by molar-refractivity contribution is 0.0691. The van der Waals surface area contributed by atoms with Crippen LogP contribution in [0.1, 0.15) is 21.5 Å². The molecule has 94 valence electrons. The van der Waals surface area contributed by atoms with Crippen LogP contribution in [0.25, 0.3) is 0 Å². The van der Waals surface area contributed by atoms with Crippen molar-refractivity contribution in [3.05, 3.63) is 65.2 Å². The summed E-state index contributed by atoms with van der Waals surface area (Å²) in [5, 5.41) is 17.9. The topological polar surface area (TPSA) is 70.3 Å². The molecular weight excluding hydrogens is 242 g/mol. The van der Waals surface area contributed by atoms with Crippen molar-refractivity contribution in [2.24, 2.45) is 0 Å². The first-order valence-electron chi connectivity index (χ1n) is 5.65. The number of hydrogen-bond donors (Lipinski definition) is 1. The Kier molecular flexibility index (Phi) is 3.79. The van der Waals surface area contributed by atoms with Crippen molar-refractivity contribution in [2.75, 3.05) is 0 Å². The van der Waals surface area contributed by atoms with Gasteiger partial charge in [0.25, 0.3) is 0 Å². The molecule has 0 amide bonds. The predicted octanol–water partition coefficient (Wildman–Crippen LogP) is 2.84. The van der Waals surface area contributed by atoms with E-state index in [0.717, 1.165) is 5.56 Å². The molecule has 0 aromatic heterocycles. The second-order valence-electron chi connectivity index (χ2n) is 3.90. The van der Waals surface area contributed by atoms with Gasteiger partial charge in [0.2, 0.25) is 0 Å². The molecule has 0 unspecified atom stereocenters. The maximum absolute atomic E-state index is 11.1. The van der Waals surface area contributed by atoms with Crippen LogP contribution in [0, 0.1) is 11.3 Å². The molecule has 19 heavy (non-hydrogen) atoms. The van der Waals surface area contributed by atoms with E-state index in [1.807, 2.05) is 36.4 Å². The Morgan fingerprint density at radius 3 is 2.58 bits per heavy atom. The van der Waals surface area contributed by atoms with E-state index < -0.39 is 5.97 Å². The largest absolute Gasteiger partial charge is 0.488 e. The molecule has 0 saturated heterocycles. The van der Waals surface area contributed by atoms with E-state index in [0.29, 0.717) is 5.56 Å². The van der Waals surface area contributed by atoms with E-state index >= 15 is 0 Å². The number of rotatable bonds is 4. The SMILES string of the molecule is N#Cc1ccc(OCc2ccccc2)c(C(=O)O)c1. The lowest BCUT2D eigenvalue weighted by Crippen LogP contribution is -2.03. The fourth-order valence-corrected chi connectivity index (χ4v) is 1.63. The summed E-state index contributed by atoms with van der Waals surface area (Å²) in [6.45, 7) is 0.285. The van der Waals surface area contributed by atoms with Gasteiger partial charge in [-0.1, -0.05) is 30.3 Å². The van der Waals surface area contributed by atoms with Crippen LogP contribution in [-0.4, -0.2) is 11.1 Å². The number of ether oxygens (including phenoxy) is 1. The summed E-state index contributed by atoms with van der Waals surface area (Å²) < 4.78 is 5.49. The van der Waals surface area contributed by atoms with Crippen molar-refractivity contribution in [3.63, 3.8) is 0 Å². The molecule has 0 bridgehead atoms. The van der Waals surface area contributed by atoms with E-state index in [-0.39, 0.29) is 17.9 Å². The average Bonchev–Trinajstić information content (AvgIpc) is 2.46. The Morgan fingerprint density at radius 1 is 1.21 bits per heavy atom. The third-order valence-electron chi connectivity index (χ3n) is 2.58. The minimum absolute atomic E-state index is 0.00465. The second kappa shape index (κ2) is 5.69. The number of carboxylic acid groups (broad SMARTS) is 1. The molecule has 0 aliphatic rings. The zero-order valence-electron chi connectivity index (χ0n) is 10.0. The standard InChI is InChI=1S/C15H11NO3/c16-9-12-6-7-14(13(8-12)15(17)18)19-10-11-4-2-1-3-5-11/h1-8H,10H2,(H,17,18). The highest BCUT2D eigenvalue weighted by Crippen LogP contribution is 2.21. The molecule has 4 heteroatoms. The van der Waals surface area contributed by atoms with Gasteiger partial charge in [-0.3, -0.25) is 0 Å². The first-order chi connectivity index (χ1) is 9.20. The lowest BCUT2D eigenvalue weighted by atomic mass is 10.1. The van der Waals surface area contributed by atoms with Crippen LogP contribution >= 0.6 is 0 Å². The fraction of sp³-hybridized carbons (Fsp3) is 0.0667. The van der Waals surface area contributed by atoms with E-state index in [2.05, 4.69) is 0 Å². The number of carbonyl (C=O) groups is 1. The molecule has 2 aromatic carbocycles. The summed E-state index contributed by atoms with van der Waals surface area (Å²) in [7, 11) is 0. The molecule has 0 fully saturated rings. The van der Waals surface area contributed by atoms with Gasteiger partial charge in [-0.2, -0.15) is 5.26 Å². The normalized spacial score (nSPS) is 9.63. The molecule has 4 nitrogen and oxygen atoms in total. The van der Waals surface area contributed by atoms with Crippen molar-refractivity contribution < 1.29 is 14.6 Å². The van der Waals surface area contributed by atoms with Crippen molar-refractivity contribution in [3.8, 4) is 11.8 Å². The number of nitriles is 1. The third-order valence-corrected chi connectivity index (χ3v) is 2.58. The zero-order chi connectivity index (χ0) is 13.7. The summed E-state index contributed by atoms with van der Waals surface area (Å²) in [6, 6.07) is 15.7. The molecule has 0 aliphatic carbocycles. The van der Waals surface area contributed by atoms with E-state index in [9.17, 15) is 4.79 Å². The van der Waals surface area contributed by atoms with Gasteiger partial charge in [-0.25, -0.2) is 4.79 Å². The number of hydrogen-bond acceptors (Lipinski definition) is 3. The van der Waals surface area contributed by atoms with Crippen LogP contribution in [0.15, 0.2) is 48.5 Å². The molecular formula is C15H11NO3. The van der Waals surface area contributed by atoms with Gasteiger partial charge in [0.15, 0.2) is 0 Å². The van der Waals surface area contributed by atoms with Crippen LogP contribution in [0.5, 0.6) is 5.75 Å². The Hall–Kier alpha value is -2.80. The highest BCUT2D eigenvalue weighted by Gasteiger charge is 2.12. The summed E-state index contributed by atoms with van der Waals surface area (Å²) >= 11 is 0. The lowest BCUT2D eigenvalue weighted by Gasteiger charge is -2.09. The maximum atomic E-state index is 11.1. The summed E-state index contributed by atoms with van der Waals surface area (Å²) in [5.41, 5.74) is 1.24. The molecule has 0 atom stereocenters. The number of benzene rings is 2. The Morgan fingerprint density at radius 2 is 1.95 bits per heavy atom. The molecule has 0 aliphatic heterocycles. The maximum Gasteiger partial charge on any atom is 0.339 e. The van der Waals surface area contributed by atoms with E-state index in [1.54, 1.807) is 0 Å². The van der Waals surface area contributed by atoms with Gasteiger partial charge >= 0.3 is 5.97 Å². The molecule has 0 saturated carbocycles. The summed E-state index contributed by atoms with van der Waals surface area (Å²) in [5.74, 6) is -0.851. The predicted molar refractivity (Wildman–Crippen MR) is 68.9 cm³/mol. The third kappa shape index (κ3) is 3.11. The second-order valence-corrected chi connectivity index (χ2v) is 3.90. The zero-order valence-corrected chi connectivity index (χ0v) is 10.0. The van der Waals surface area contributed by atoms with Crippen LogP contribution in [-0.2, 0) is 6.61 Å². The Labute approximate surface area is 110 Å². The van der Waals surface area contributed by atoms with Crippen LogP contribution in [0.4, 0.5) is 0 Å². The van der Waals surface area contributed by atoms with Gasteiger partial charge in [-0.05, 0) is 23.8 Å². The van der Waals surface area contributed by atoms with Crippen molar-refractivity contribution >= 4 is 5.97 Å². The molecule has 0 heterocycles. The Balaban J connectivity index is 2.21. The van der Waals surface area contributed by atoms with Gasteiger partial charge in [0, 0.05) is 0 Å². The first-order valence-corrected chi connectivity index (χ1v) is 5.65. The van der Waals surface area contributed by atoms with Crippen LogP contribution < -0.4 is 4.74 Å². The van der Waals surface area contributed by atoms with E-state index in [4.69, 9.17) is 15.1 Å². The fourth-order valence-electron chi connectivity index (χ4n) is 1.63. The summed E-state index contributed by atoms with van der Waals surface area (Å²) in [4.78, 5) is 11.1. The van der Waals surface area contributed by atoms with Crippen LogP contribution in [0.2, 0.25) is 0 Å². The number of carboxylic acids is 1. The average molecular weight is 253 g/mol. The van der Waals surface area contributed by atoms with Gasteiger partial charge < -0.3 is 9.84 Å². The first kappa shape index (κ1) is 12.7. The number of nitrogens with zero attached hydrogens (tertiary/aromatic N) is 1. The summed E-state index contributed by atoms with van der Waals surface area (Å²) in [6.07, 6.45) is 0. The highest BCUT2D eigenvalue weighted by atomic mass is 16.5.